The van der Waals surface area contributed by atoms with Gasteiger partial charge in [0.25, 0.3) is 10.0 Å². The van der Waals surface area contributed by atoms with Gasteiger partial charge in [0.2, 0.25) is 11.8 Å². The van der Waals surface area contributed by atoms with Gasteiger partial charge in [-0.2, -0.15) is 0 Å². The van der Waals surface area contributed by atoms with Crippen LogP contribution in [0.4, 0.5) is 10.1 Å². The minimum atomic E-state index is -4.30. The molecule has 0 radical (unpaired) electrons. The highest BCUT2D eigenvalue weighted by molar-refractivity contribution is 7.92. The van der Waals surface area contributed by atoms with E-state index in [9.17, 15) is 22.4 Å². The molecule has 0 saturated heterocycles. The Morgan fingerprint density at radius 2 is 1.55 bits per heavy atom. The number of hydrogen-bond acceptors (Lipinski definition) is 6. The lowest BCUT2D eigenvalue weighted by Gasteiger charge is -2.34. The minimum absolute atomic E-state index is 0.0335. The van der Waals surface area contributed by atoms with Crippen LogP contribution in [0.1, 0.15) is 39.7 Å². The Labute approximate surface area is 247 Å². The number of nitrogens with one attached hydrogen (secondary N) is 1. The van der Waals surface area contributed by atoms with Crippen molar-refractivity contribution < 1.29 is 31.9 Å². The average Bonchev–Trinajstić information content (AvgIpc) is 2.95. The third-order valence-corrected chi connectivity index (χ3v) is 8.19. The fraction of sp³-hybridized carbons (Fsp3) is 0.355. The van der Waals surface area contributed by atoms with Crippen molar-refractivity contribution in [2.75, 3.05) is 25.1 Å². The Balaban J connectivity index is 2.08. The molecule has 11 heteroatoms. The number of ether oxygens (including phenoxy) is 2. The number of hydrogen-bond donors (Lipinski definition) is 1. The maximum Gasteiger partial charge on any atom is 0.264 e. The first kappa shape index (κ1) is 32.4. The second-order valence-corrected chi connectivity index (χ2v) is 12.5. The van der Waals surface area contributed by atoms with Crippen molar-refractivity contribution in [3.8, 4) is 11.5 Å². The summed E-state index contributed by atoms with van der Waals surface area (Å²) in [6.45, 7) is 6.63. The Kier molecular flexibility index (Phi) is 10.6. The highest BCUT2D eigenvalue weighted by Crippen LogP contribution is 2.32. The number of carbonyl (C=O) groups is 2. The van der Waals surface area contributed by atoms with E-state index >= 15 is 0 Å². The van der Waals surface area contributed by atoms with Crippen LogP contribution >= 0.6 is 0 Å². The molecule has 3 aromatic rings. The zero-order valence-corrected chi connectivity index (χ0v) is 25.6. The molecule has 0 bridgehead atoms. The van der Waals surface area contributed by atoms with Gasteiger partial charge in [-0.15, -0.1) is 0 Å². The first-order valence-electron chi connectivity index (χ1n) is 13.5. The lowest BCUT2D eigenvalue weighted by molar-refractivity contribution is -0.141. The largest absolute Gasteiger partial charge is 0.493 e. The van der Waals surface area contributed by atoms with Crippen LogP contribution in [0.2, 0.25) is 0 Å². The summed E-state index contributed by atoms with van der Waals surface area (Å²) in [7, 11) is -1.46. The molecule has 0 aliphatic heterocycles. The van der Waals surface area contributed by atoms with Gasteiger partial charge < -0.3 is 19.7 Å². The molecule has 1 N–H and O–H groups in total. The second kappa shape index (κ2) is 13.7. The zero-order chi connectivity index (χ0) is 31.1. The zero-order valence-electron chi connectivity index (χ0n) is 24.8. The van der Waals surface area contributed by atoms with Crippen LogP contribution in [0.3, 0.4) is 0 Å². The number of amides is 2. The van der Waals surface area contributed by atoms with Crippen molar-refractivity contribution in [2.24, 2.45) is 0 Å². The van der Waals surface area contributed by atoms with Crippen molar-refractivity contribution >= 4 is 27.5 Å². The maximum atomic E-state index is 14.1. The molecule has 0 aliphatic rings. The van der Waals surface area contributed by atoms with Crippen LogP contribution in [-0.2, 0) is 26.2 Å². The van der Waals surface area contributed by atoms with E-state index in [0.29, 0.717) is 11.3 Å². The molecule has 0 fully saturated rings. The topological polar surface area (TPSA) is 105 Å². The standard InChI is InChI=1S/C31H38FN3O6S/c1-7-26(30(37)33-31(2,3)4)34(20-22-13-15-23(32)16-14-22)29(36)21-35(24-11-9-8-10-12-24)42(38,39)25-17-18-27(40-5)28(19-25)41-6/h8-19,26H,7,20-21H2,1-6H3,(H,33,37)/t26-/m1/s1. The number of sulfonamides is 1. The third kappa shape index (κ3) is 8.00. The molecular formula is C31H38FN3O6S. The van der Waals surface area contributed by atoms with Gasteiger partial charge in [0.1, 0.15) is 18.4 Å². The van der Waals surface area contributed by atoms with Crippen LogP contribution in [-0.4, -0.2) is 57.5 Å². The van der Waals surface area contributed by atoms with E-state index in [1.165, 1.54) is 61.6 Å². The quantitative estimate of drug-likeness (QED) is 0.322. The Hall–Kier alpha value is -4.12. The molecule has 0 unspecified atom stereocenters. The van der Waals surface area contributed by atoms with Crippen LogP contribution in [0.5, 0.6) is 11.5 Å². The summed E-state index contributed by atoms with van der Waals surface area (Å²) < 4.78 is 53.3. The summed E-state index contributed by atoms with van der Waals surface area (Å²) in [5.74, 6) is -0.872. The normalized spacial score (nSPS) is 12.3. The third-order valence-electron chi connectivity index (χ3n) is 6.42. The SMILES string of the molecule is CC[C@H](C(=O)NC(C)(C)C)N(Cc1ccc(F)cc1)C(=O)CN(c1ccccc1)S(=O)(=O)c1ccc(OC)c(OC)c1. The summed E-state index contributed by atoms with van der Waals surface area (Å²) in [6, 6.07) is 17.1. The number of rotatable bonds is 12. The van der Waals surface area contributed by atoms with Crippen molar-refractivity contribution in [3.63, 3.8) is 0 Å². The predicted molar refractivity (Wildman–Crippen MR) is 159 cm³/mol. The van der Waals surface area contributed by atoms with Crippen LogP contribution < -0.4 is 19.1 Å². The van der Waals surface area contributed by atoms with E-state index in [2.05, 4.69) is 5.32 Å². The maximum absolute atomic E-state index is 14.1. The van der Waals surface area contributed by atoms with Gasteiger partial charge in [0.15, 0.2) is 11.5 Å². The van der Waals surface area contributed by atoms with Crippen LogP contribution in [0, 0.1) is 5.82 Å². The van der Waals surface area contributed by atoms with E-state index in [0.717, 1.165) is 4.31 Å². The van der Waals surface area contributed by atoms with Gasteiger partial charge in [-0.1, -0.05) is 37.3 Å². The lowest BCUT2D eigenvalue weighted by atomic mass is 10.1. The van der Waals surface area contributed by atoms with Crippen molar-refractivity contribution in [3.05, 3.63) is 84.2 Å². The molecule has 3 rings (SSSR count). The highest BCUT2D eigenvalue weighted by atomic mass is 32.2. The molecule has 0 aromatic heterocycles. The molecular weight excluding hydrogens is 561 g/mol. The first-order valence-corrected chi connectivity index (χ1v) is 14.9. The van der Waals surface area contributed by atoms with Gasteiger partial charge in [-0.3, -0.25) is 13.9 Å². The number of para-hydroxylation sites is 1. The number of nitrogens with zero attached hydrogens (tertiary/aromatic N) is 2. The molecule has 9 nitrogen and oxygen atoms in total. The number of benzene rings is 3. The van der Waals surface area contributed by atoms with Gasteiger partial charge in [0, 0.05) is 18.2 Å². The number of carbonyl (C=O) groups excluding carboxylic acids is 2. The van der Waals surface area contributed by atoms with Gasteiger partial charge in [-0.25, -0.2) is 12.8 Å². The molecule has 0 saturated carbocycles. The fourth-order valence-electron chi connectivity index (χ4n) is 4.39. The summed E-state index contributed by atoms with van der Waals surface area (Å²) in [6.07, 6.45) is 0.266. The van der Waals surface area contributed by atoms with Crippen molar-refractivity contribution in [1.29, 1.82) is 0 Å². The Morgan fingerprint density at radius 1 is 0.929 bits per heavy atom. The van der Waals surface area contributed by atoms with E-state index in [-0.39, 0.29) is 35.2 Å². The van der Waals surface area contributed by atoms with Gasteiger partial charge in [0.05, 0.1) is 24.8 Å². The second-order valence-electron chi connectivity index (χ2n) is 10.7. The Bertz CT molecular complexity index is 1470. The molecule has 42 heavy (non-hydrogen) atoms. The van der Waals surface area contributed by atoms with Crippen molar-refractivity contribution in [2.45, 2.75) is 57.1 Å². The number of methoxy groups -OCH3 is 2. The molecule has 0 spiro atoms. The summed E-state index contributed by atoms with van der Waals surface area (Å²) >= 11 is 0. The summed E-state index contributed by atoms with van der Waals surface area (Å²) in [5, 5.41) is 2.91. The number of anilines is 1. The van der Waals surface area contributed by atoms with E-state index in [4.69, 9.17) is 9.47 Å². The highest BCUT2D eigenvalue weighted by Gasteiger charge is 2.35. The predicted octanol–water partition coefficient (Wildman–Crippen LogP) is 4.76. The van der Waals surface area contributed by atoms with Gasteiger partial charge >= 0.3 is 0 Å². The minimum Gasteiger partial charge on any atom is -0.493 e. The monoisotopic (exact) mass is 599 g/mol. The van der Waals surface area contributed by atoms with Crippen molar-refractivity contribution in [1.82, 2.24) is 10.2 Å². The molecule has 3 aromatic carbocycles. The van der Waals surface area contributed by atoms with E-state index in [1.807, 2.05) is 20.8 Å². The lowest BCUT2D eigenvalue weighted by Crippen LogP contribution is -2.55. The fourth-order valence-corrected chi connectivity index (χ4v) is 5.82. The molecule has 2 amide bonds. The Morgan fingerprint density at radius 3 is 2.10 bits per heavy atom. The van der Waals surface area contributed by atoms with Crippen LogP contribution in [0.25, 0.3) is 0 Å². The molecule has 0 aliphatic carbocycles. The summed E-state index contributed by atoms with van der Waals surface area (Å²) in [4.78, 5) is 28.7. The molecule has 226 valence electrons. The van der Waals surface area contributed by atoms with Crippen LogP contribution in [0.15, 0.2) is 77.7 Å². The van der Waals surface area contributed by atoms with E-state index < -0.39 is 39.9 Å². The number of halogens is 1. The summed E-state index contributed by atoms with van der Waals surface area (Å²) in [5.41, 5.74) is 0.275. The first-order chi connectivity index (χ1) is 19.8. The van der Waals surface area contributed by atoms with E-state index in [1.54, 1.807) is 37.3 Å². The molecule has 1 atom stereocenters. The van der Waals surface area contributed by atoms with Gasteiger partial charge in [-0.05, 0) is 69.2 Å². The average molecular weight is 600 g/mol. The molecule has 0 heterocycles. The smallest absolute Gasteiger partial charge is 0.264 e.